The molecule has 0 unspecified atom stereocenters. The van der Waals surface area contributed by atoms with Crippen molar-refractivity contribution in [2.75, 3.05) is 11.9 Å². The van der Waals surface area contributed by atoms with Crippen molar-refractivity contribution in [1.82, 2.24) is 0 Å². The lowest BCUT2D eigenvalue weighted by Gasteiger charge is -2.34. The van der Waals surface area contributed by atoms with Gasteiger partial charge in [0.15, 0.2) is 5.96 Å². The average Bonchev–Trinajstić information content (AvgIpc) is 2.22. The van der Waals surface area contributed by atoms with E-state index in [4.69, 9.17) is 5.73 Å². The minimum absolute atomic E-state index is 0. The van der Waals surface area contributed by atoms with E-state index in [1.165, 1.54) is 11.1 Å². The van der Waals surface area contributed by atoms with Crippen LogP contribution in [0.25, 0.3) is 0 Å². The van der Waals surface area contributed by atoms with E-state index in [2.05, 4.69) is 16.4 Å². The first kappa shape index (κ1) is 16.2. The lowest BCUT2D eigenvalue weighted by atomic mass is 9.80. The summed E-state index contributed by atoms with van der Waals surface area (Å²) < 4.78 is 0. The molecule has 5 heteroatoms. The van der Waals surface area contributed by atoms with Gasteiger partial charge in [0, 0.05) is 5.69 Å². The number of aliphatic imine (C=N–C) groups is 1. The molecule has 4 N–H and O–H groups in total. The number of guanidine groups is 1. The van der Waals surface area contributed by atoms with E-state index in [0.29, 0.717) is 12.5 Å². The first-order valence-electron chi connectivity index (χ1n) is 6.34. The molecule has 19 heavy (non-hydrogen) atoms. The fourth-order valence-electron chi connectivity index (χ4n) is 2.21. The predicted octanol–water partition coefficient (Wildman–Crippen LogP) is 2.56. The summed E-state index contributed by atoms with van der Waals surface area (Å²) in [6.07, 6.45) is 2.73. The Bertz CT molecular complexity index is 450. The van der Waals surface area contributed by atoms with Crippen molar-refractivity contribution >= 4 is 35.6 Å². The Morgan fingerprint density at radius 1 is 1.32 bits per heavy atom. The van der Waals surface area contributed by atoms with Crippen LogP contribution in [0.1, 0.15) is 30.4 Å². The number of hydrogen-bond acceptors (Lipinski definition) is 2. The smallest absolute Gasteiger partial charge is 0.193 e. The molecule has 1 aromatic carbocycles. The van der Waals surface area contributed by atoms with Gasteiger partial charge in [-0.2, -0.15) is 0 Å². The van der Waals surface area contributed by atoms with Gasteiger partial charge in [-0.25, -0.2) is 0 Å². The number of rotatable bonds is 3. The third kappa shape index (κ3) is 4.65. The van der Waals surface area contributed by atoms with E-state index in [0.717, 1.165) is 24.9 Å². The highest BCUT2D eigenvalue weighted by atomic mass is 127. The molecule has 1 aliphatic carbocycles. The molecule has 0 amide bonds. The first-order chi connectivity index (χ1) is 8.47. The van der Waals surface area contributed by atoms with E-state index < -0.39 is 5.60 Å². The zero-order chi connectivity index (χ0) is 13.2. The Morgan fingerprint density at radius 3 is 2.37 bits per heavy atom. The van der Waals surface area contributed by atoms with Crippen molar-refractivity contribution in [2.45, 2.75) is 38.7 Å². The number of halogens is 1. The predicted molar refractivity (Wildman–Crippen MR) is 90.2 cm³/mol. The topological polar surface area (TPSA) is 70.6 Å². The number of aryl methyl sites for hydroxylation is 2. The van der Waals surface area contributed by atoms with Crippen LogP contribution < -0.4 is 11.1 Å². The van der Waals surface area contributed by atoms with Gasteiger partial charge in [0.1, 0.15) is 0 Å². The SMILES string of the molecule is Cc1cc(C)cc(NC(N)=NCC2(O)CCC2)c1.I. The van der Waals surface area contributed by atoms with Crippen molar-refractivity contribution in [1.29, 1.82) is 0 Å². The van der Waals surface area contributed by atoms with Crippen LogP contribution in [0.2, 0.25) is 0 Å². The van der Waals surface area contributed by atoms with Crippen LogP contribution in [0.15, 0.2) is 23.2 Å². The van der Waals surface area contributed by atoms with Crippen molar-refractivity contribution in [3.8, 4) is 0 Å². The molecule has 0 radical (unpaired) electrons. The van der Waals surface area contributed by atoms with Gasteiger partial charge in [0.2, 0.25) is 0 Å². The van der Waals surface area contributed by atoms with Crippen LogP contribution in [0.4, 0.5) is 5.69 Å². The van der Waals surface area contributed by atoms with Gasteiger partial charge in [-0.05, 0) is 56.4 Å². The minimum Gasteiger partial charge on any atom is -0.388 e. The summed E-state index contributed by atoms with van der Waals surface area (Å²) >= 11 is 0. The van der Waals surface area contributed by atoms with Crippen LogP contribution in [-0.2, 0) is 0 Å². The van der Waals surface area contributed by atoms with Gasteiger partial charge in [-0.15, -0.1) is 24.0 Å². The molecule has 0 aliphatic heterocycles. The van der Waals surface area contributed by atoms with Crippen LogP contribution in [-0.4, -0.2) is 23.2 Å². The molecule has 106 valence electrons. The standard InChI is InChI=1S/C14H21N3O.HI/c1-10-6-11(2)8-12(7-10)17-13(15)16-9-14(18)4-3-5-14;/h6-8,18H,3-5,9H2,1-2H3,(H3,15,16,17);1H. The van der Waals surface area contributed by atoms with Crippen LogP contribution in [0, 0.1) is 13.8 Å². The molecule has 1 fully saturated rings. The molecule has 0 aromatic heterocycles. The van der Waals surface area contributed by atoms with Crippen molar-refractivity contribution in [2.24, 2.45) is 10.7 Å². The normalized spacial score (nSPS) is 17.3. The number of nitrogens with two attached hydrogens (primary N) is 1. The second kappa shape index (κ2) is 6.56. The quantitative estimate of drug-likeness (QED) is 0.432. The molecule has 4 nitrogen and oxygen atoms in total. The van der Waals surface area contributed by atoms with Crippen LogP contribution in [0.3, 0.4) is 0 Å². The third-order valence-corrected chi connectivity index (χ3v) is 3.32. The van der Waals surface area contributed by atoms with Gasteiger partial charge in [0.05, 0.1) is 12.1 Å². The number of hydrogen-bond donors (Lipinski definition) is 3. The number of anilines is 1. The van der Waals surface area contributed by atoms with Crippen molar-refractivity contribution < 1.29 is 5.11 Å². The zero-order valence-corrected chi connectivity index (χ0v) is 13.8. The summed E-state index contributed by atoms with van der Waals surface area (Å²) in [5.41, 5.74) is 8.51. The first-order valence-corrected chi connectivity index (χ1v) is 6.34. The maximum Gasteiger partial charge on any atom is 0.193 e. The highest BCUT2D eigenvalue weighted by molar-refractivity contribution is 14.0. The summed E-state index contributed by atoms with van der Waals surface area (Å²) in [7, 11) is 0. The highest BCUT2D eigenvalue weighted by Crippen LogP contribution is 2.31. The molecule has 1 aliphatic rings. The molecule has 1 saturated carbocycles. The Hall–Kier alpha value is -0.820. The summed E-state index contributed by atoms with van der Waals surface area (Å²) in [4.78, 5) is 4.21. The maximum absolute atomic E-state index is 9.92. The second-order valence-corrected chi connectivity index (χ2v) is 5.28. The Kier molecular flexibility index (Phi) is 5.61. The highest BCUT2D eigenvalue weighted by Gasteiger charge is 2.33. The molecule has 0 bridgehead atoms. The second-order valence-electron chi connectivity index (χ2n) is 5.28. The van der Waals surface area contributed by atoms with Gasteiger partial charge in [0.25, 0.3) is 0 Å². The molecular formula is C14H22IN3O. The van der Waals surface area contributed by atoms with E-state index in [-0.39, 0.29) is 24.0 Å². The Morgan fingerprint density at radius 2 is 1.89 bits per heavy atom. The fourth-order valence-corrected chi connectivity index (χ4v) is 2.21. The molecule has 0 spiro atoms. The van der Waals surface area contributed by atoms with E-state index in [9.17, 15) is 5.11 Å². The van der Waals surface area contributed by atoms with Crippen molar-refractivity contribution in [3.63, 3.8) is 0 Å². The number of benzene rings is 1. The number of nitrogens with zero attached hydrogens (tertiary/aromatic N) is 1. The maximum atomic E-state index is 9.92. The monoisotopic (exact) mass is 375 g/mol. The Labute approximate surface area is 131 Å². The van der Waals surface area contributed by atoms with E-state index in [1.807, 2.05) is 26.0 Å². The lowest BCUT2D eigenvalue weighted by molar-refractivity contribution is -0.0235. The summed E-state index contributed by atoms with van der Waals surface area (Å²) in [6.45, 7) is 4.47. The largest absolute Gasteiger partial charge is 0.388 e. The average molecular weight is 375 g/mol. The molecule has 0 heterocycles. The number of nitrogens with one attached hydrogen (secondary N) is 1. The Balaban J connectivity index is 0.00000180. The van der Waals surface area contributed by atoms with Gasteiger partial charge >= 0.3 is 0 Å². The van der Waals surface area contributed by atoms with Crippen LogP contribution >= 0.6 is 24.0 Å². The molecule has 1 aromatic rings. The third-order valence-electron chi connectivity index (χ3n) is 3.32. The zero-order valence-electron chi connectivity index (χ0n) is 11.4. The molecule has 0 saturated heterocycles. The molecule has 2 rings (SSSR count). The van der Waals surface area contributed by atoms with Gasteiger partial charge < -0.3 is 16.2 Å². The van der Waals surface area contributed by atoms with E-state index >= 15 is 0 Å². The lowest BCUT2D eigenvalue weighted by Crippen LogP contribution is -2.41. The summed E-state index contributed by atoms with van der Waals surface area (Å²) in [5.74, 6) is 0.361. The van der Waals surface area contributed by atoms with E-state index in [1.54, 1.807) is 0 Å². The minimum atomic E-state index is -0.616. The summed E-state index contributed by atoms with van der Waals surface area (Å²) in [6, 6.07) is 6.15. The van der Waals surface area contributed by atoms with Crippen molar-refractivity contribution in [3.05, 3.63) is 29.3 Å². The molecule has 0 atom stereocenters. The fraction of sp³-hybridized carbons (Fsp3) is 0.500. The van der Waals surface area contributed by atoms with Crippen LogP contribution in [0.5, 0.6) is 0 Å². The summed E-state index contributed by atoms with van der Waals surface area (Å²) in [5, 5.41) is 13.0. The van der Waals surface area contributed by atoms with Gasteiger partial charge in [-0.1, -0.05) is 6.07 Å². The molecular weight excluding hydrogens is 353 g/mol. The van der Waals surface area contributed by atoms with Gasteiger partial charge in [-0.3, -0.25) is 4.99 Å². The number of aliphatic hydroxyl groups is 1.